The number of aryl methyl sites for hydroxylation is 1. The van der Waals surface area contributed by atoms with Crippen molar-refractivity contribution in [2.24, 2.45) is 0 Å². The second-order valence-corrected chi connectivity index (χ2v) is 4.19. The number of hydrogen-bond donors (Lipinski definition) is 1. The second kappa shape index (κ2) is 4.57. The minimum Gasteiger partial charge on any atom is -0.508 e. The molecule has 100 valence electrons. The Morgan fingerprint density at radius 3 is 2.26 bits per heavy atom. The monoisotopic (exact) mass is 270 g/mol. The topological polar surface area (TPSA) is 20.2 Å². The summed E-state index contributed by atoms with van der Waals surface area (Å²) in [5, 5.41) is 9.27. The van der Waals surface area contributed by atoms with E-state index in [1.165, 1.54) is 24.3 Å². The molecule has 0 unspecified atom stereocenters. The third-order valence-electron chi connectivity index (χ3n) is 2.79. The molecule has 19 heavy (non-hydrogen) atoms. The van der Waals surface area contributed by atoms with Gasteiger partial charge in [-0.15, -0.1) is 0 Å². The second-order valence-electron chi connectivity index (χ2n) is 4.19. The van der Waals surface area contributed by atoms with Crippen LogP contribution in [0.3, 0.4) is 0 Å². The minimum absolute atomic E-state index is 0.0272. The summed E-state index contributed by atoms with van der Waals surface area (Å²) in [5.74, 6) is -1.27. The maximum Gasteiger partial charge on any atom is 0.419 e. The van der Waals surface area contributed by atoms with E-state index in [0.717, 1.165) is 12.1 Å². The molecule has 0 aliphatic heterocycles. The molecule has 0 atom stereocenters. The first-order valence-corrected chi connectivity index (χ1v) is 5.46. The van der Waals surface area contributed by atoms with Crippen molar-refractivity contribution < 1.29 is 22.7 Å². The number of benzene rings is 2. The molecule has 0 bridgehead atoms. The standard InChI is InChI=1S/C14H10F4O/c1-8-6-10(19)3-4-11(8)9-2-5-13(15)12(7-9)14(16,17)18/h2-7,19H,1H3. The van der Waals surface area contributed by atoms with Gasteiger partial charge in [0.15, 0.2) is 0 Å². The summed E-state index contributed by atoms with van der Waals surface area (Å²) in [6, 6.07) is 7.16. The van der Waals surface area contributed by atoms with Gasteiger partial charge in [-0.1, -0.05) is 12.1 Å². The highest BCUT2D eigenvalue weighted by molar-refractivity contribution is 5.68. The molecule has 0 fully saturated rings. The van der Waals surface area contributed by atoms with Gasteiger partial charge in [0.2, 0.25) is 0 Å². The van der Waals surface area contributed by atoms with Gasteiger partial charge < -0.3 is 5.11 Å². The van der Waals surface area contributed by atoms with E-state index in [1.807, 2.05) is 0 Å². The normalized spacial score (nSPS) is 11.6. The molecular formula is C14H10F4O. The first kappa shape index (κ1) is 13.4. The fourth-order valence-electron chi connectivity index (χ4n) is 1.88. The van der Waals surface area contributed by atoms with Gasteiger partial charge in [0, 0.05) is 0 Å². The molecule has 1 nitrogen and oxygen atoms in total. The van der Waals surface area contributed by atoms with Gasteiger partial charge in [0.25, 0.3) is 0 Å². The number of aromatic hydroxyl groups is 1. The quantitative estimate of drug-likeness (QED) is 0.755. The van der Waals surface area contributed by atoms with E-state index in [-0.39, 0.29) is 11.3 Å². The molecule has 2 aromatic carbocycles. The highest BCUT2D eigenvalue weighted by atomic mass is 19.4. The summed E-state index contributed by atoms with van der Waals surface area (Å²) in [5.41, 5.74) is 0.0896. The van der Waals surface area contributed by atoms with Crippen molar-refractivity contribution in [2.45, 2.75) is 13.1 Å². The summed E-state index contributed by atoms with van der Waals surface area (Å²) >= 11 is 0. The largest absolute Gasteiger partial charge is 0.508 e. The van der Waals surface area contributed by atoms with E-state index in [9.17, 15) is 22.7 Å². The highest BCUT2D eigenvalue weighted by Crippen LogP contribution is 2.35. The van der Waals surface area contributed by atoms with Crippen molar-refractivity contribution in [1.29, 1.82) is 0 Å². The van der Waals surface area contributed by atoms with Crippen molar-refractivity contribution in [3.05, 3.63) is 53.3 Å². The fourth-order valence-corrected chi connectivity index (χ4v) is 1.88. The lowest BCUT2D eigenvalue weighted by Crippen LogP contribution is -2.08. The minimum atomic E-state index is -4.73. The Morgan fingerprint density at radius 2 is 1.68 bits per heavy atom. The lowest BCUT2D eigenvalue weighted by molar-refractivity contribution is -0.139. The third-order valence-corrected chi connectivity index (χ3v) is 2.79. The van der Waals surface area contributed by atoms with Crippen molar-refractivity contribution in [2.75, 3.05) is 0 Å². The van der Waals surface area contributed by atoms with Gasteiger partial charge >= 0.3 is 6.18 Å². The lowest BCUT2D eigenvalue weighted by Gasteiger charge is -2.12. The first-order chi connectivity index (χ1) is 8.79. The van der Waals surface area contributed by atoms with Crippen LogP contribution in [0.4, 0.5) is 17.6 Å². The average molecular weight is 270 g/mol. The zero-order chi connectivity index (χ0) is 14.2. The molecule has 2 rings (SSSR count). The van der Waals surface area contributed by atoms with Crippen LogP contribution in [0.15, 0.2) is 36.4 Å². The fraction of sp³-hybridized carbons (Fsp3) is 0.143. The van der Waals surface area contributed by atoms with Gasteiger partial charge in [-0.05, 0) is 47.9 Å². The maximum atomic E-state index is 13.2. The highest BCUT2D eigenvalue weighted by Gasteiger charge is 2.34. The van der Waals surface area contributed by atoms with Crippen LogP contribution < -0.4 is 0 Å². The van der Waals surface area contributed by atoms with Crippen LogP contribution in [0, 0.1) is 12.7 Å². The molecule has 0 saturated heterocycles. The van der Waals surface area contributed by atoms with E-state index < -0.39 is 17.6 Å². The predicted molar refractivity (Wildman–Crippen MR) is 63.2 cm³/mol. The van der Waals surface area contributed by atoms with Crippen molar-refractivity contribution >= 4 is 0 Å². The van der Waals surface area contributed by atoms with Crippen LogP contribution in [-0.4, -0.2) is 5.11 Å². The first-order valence-electron chi connectivity index (χ1n) is 5.46. The number of alkyl halides is 3. The molecule has 0 radical (unpaired) electrons. The summed E-state index contributed by atoms with van der Waals surface area (Å²) in [6.45, 7) is 1.66. The van der Waals surface area contributed by atoms with Gasteiger partial charge in [-0.2, -0.15) is 13.2 Å². The van der Waals surface area contributed by atoms with Crippen LogP contribution in [0.1, 0.15) is 11.1 Å². The Balaban J connectivity index is 2.58. The third kappa shape index (κ3) is 2.70. The van der Waals surface area contributed by atoms with Crippen molar-refractivity contribution in [3.63, 3.8) is 0 Å². The van der Waals surface area contributed by atoms with Crippen LogP contribution in [0.2, 0.25) is 0 Å². The lowest BCUT2D eigenvalue weighted by atomic mass is 9.98. The summed E-state index contributed by atoms with van der Waals surface area (Å²) < 4.78 is 51.1. The smallest absolute Gasteiger partial charge is 0.419 e. The van der Waals surface area contributed by atoms with E-state index in [4.69, 9.17) is 0 Å². The molecule has 0 spiro atoms. The average Bonchev–Trinajstić information content (AvgIpc) is 2.29. The molecule has 0 aliphatic rings. The van der Waals surface area contributed by atoms with E-state index in [2.05, 4.69) is 0 Å². The molecule has 5 heteroatoms. The molecular weight excluding hydrogens is 260 g/mol. The van der Waals surface area contributed by atoms with Crippen molar-refractivity contribution in [3.8, 4) is 16.9 Å². The zero-order valence-electron chi connectivity index (χ0n) is 9.92. The number of phenols is 1. The van der Waals surface area contributed by atoms with Crippen LogP contribution in [-0.2, 0) is 6.18 Å². The van der Waals surface area contributed by atoms with Gasteiger partial charge in [0.1, 0.15) is 11.6 Å². The van der Waals surface area contributed by atoms with E-state index in [1.54, 1.807) is 6.92 Å². The Labute approximate surface area is 107 Å². The Kier molecular flexibility index (Phi) is 3.22. The van der Waals surface area contributed by atoms with Crippen LogP contribution in [0.5, 0.6) is 5.75 Å². The maximum absolute atomic E-state index is 13.2. The van der Waals surface area contributed by atoms with Crippen molar-refractivity contribution in [1.82, 2.24) is 0 Å². The summed E-state index contributed by atoms with van der Waals surface area (Å²) in [6.07, 6.45) is -4.73. The molecule has 0 aromatic heterocycles. The molecule has 0 aliphatic carbocycles. The van der Waals surface area contributed by atoms with E-state index in [0.29, 0.717) is 11.1 Å². The molecule has 0 amide bonds. The summed E-state index contributed by atoms with van der Waals surface area (Å²) in [7, 11) is 0. The molecule has 1 N–H and O–H groups in total. The summed E-state index contributed by atoms with van der Waals surface area (Å²) in [4.78, 5) is 0. The number of halogens is 4. The molecule has 2 aromatic rings. The van der Waals surface area contributed by atoms with Gasteiger partial charge in [0.05, 0.1) is 5.56 Å². The van der Waals surface area contributed by atoms with Gasteiger partial charge in [-0.3, -0.25) is 0 Å². The van der Waals surface area contributed by atoms with Crippen LogP contribution in [0.25, 0.3) is 11.1 Å². The van der Waals surface area contributed by atoms with Crippen LogP contribution >= 0.6 is 0 Å². The molecule has 0 heterocycles. The van der Waals surface area contributed by atoms with E-state index >= 15 is 0 Å². The predicted octanol–water partition coefficient (Wildman–Crippen LogP) is 4.53. The Morgan fingerprint density at radius 1 is 1.00 bits per heavy atom. The molecule has 0 saturated carbocycles. The number of rotatable bonds is 1. The number of phenolic OH excluding ortho intramolecular Hbond substituents is 1. The van der Waals surface area contributed by atoms with Gasteiger partial charge in [-0.25, -0.2) is 4.39 Å². The Bertz CT molecular complexity index is 617. The Hall–Kier alpha value is -2.04. The number of hydrogen-bond acceptors (Lipinski definition) is 1. The zero-order valence-corrected chi connectivity index (χ0v) is 9.92. The SMILES string of the molecule is Cc1cc(O)ccc1-c1ccc(F)c(C(F)(F)F)c1.